The van der Waals surface area contributed by atoms with Crippen molar-refractivity contribution in [3.63, 3.8) is 0 Å². The molecule has 3 aliphatic rings. The maximum atomic E-state index is 4.92. The van der Waals surface area contributed by atoms with E-state index in [9.17, 15) is 0 Å². The number of fused-ring (bicyclic) bond motifs is 4. The number of hydrogen-bond donors (Lipinski definition) is 1. The summed E-state index contributed by atoms with van der Waals surface area (Å²) in [7, 11) is 0. The standard InChI is InChI=1S/C23H25N3/c1-2-15-7-8-20(24-14-15)22-21-18(17-5-3-4-6-19(17)25-21)10-12-26(22)23-11-9-16(23)13-23/h3-8,14,16,22,25H,2,9-13H2,1H3. The first-order valence-electron chi connectivity index (χ1n) is 10.1. The van der Waals surface area contributed by atoms with Crippen molar-refractivity contribution in [2.24, 2.45) is 5.92 Å². The molecular weight excluding hydrogens is 318 g/mol. The van der Waals surface area contributed by atoms with E-state index in [2.05, 4.69) is 59.4 Å². The van der Waals surface area contributed by atoms with Gasteiger partial charge in [0.25, 0.3) is 0 Å². The highest BCUT2D eigenvalue weighted by Gasteiger charge is 2.66. The average Bonchev–Trinajstić information content (AvgIpc) is 3.04. The molecule has 2 aromatic heterocycles. The molecule has 3 heteroatoms. The third-order valence-electron chi connectivity index (χ3n) is 7.27. The van der Waals surface area contributed by atoms with E-state index in [1.165, 1.54) is 52.7 Å². The van der Waals surface area contributed by atoms with Crippen LogP contribution in [0.25, 0.3) is 10.9 Å². The largest absolute Gasteiger partial charge is 0.357 e. The molecule has 3 unspecified atom stereocenters. The zero-order chi connectivity index (χ0) is 17.3. The van der Waals surface area contributed by atoms with Gasteiger partial charge in [-0.25, -0.2) is 0 Å². The number of para-hydroxylation sites is 1. The Labute approximate surface area is 154 Å². The first kappa shape index (κ1) is 15.0. The quantitative estimate of drug-likeness (QED) is 0.752. The molecule has 2 aliphatic carbocycles. The second-order valence-corrected chi connectivity index (χ2v) is 8.40. The molecule has 0 radical (unpaired) electrons. The van der Waals surface area contributed by atoms with E-state index < -0.39 is 0 Å². The molecule has 1 aromatic carbocycles. The molecule has 132 valence electrons. The zero-order valence-corrected chi connectivity index (χ0v) is 15.3. The van der Waals surface area contributed by atoms with Crippen LogP contribution in [-0.2, 0) is 12.8 Å². The Hall–Kier alpha value is -2.13. The summed E-state index contributed by atoms with van der Waals surface area (Å²) in [5, 5.41) is 1.40. The van der Waals surface area contributed by atoms with Crippen LogP contribution >= 0.6 is 0 Å². The number of H-pyrrole nitrogens is 1. The topological polar surface area (TPSA) is 31.9 Å². The number of aryl methyl sites for hydroxylation is 1. The van der Waals surface area contributed by atoms with Gasteiger partial charge in [-0.1, -0.05) is 31.2 Å². The molecule has 1 aliphatic heterocycles. The Kier molecular flexibility index (Phi) is 3.00. The van der Waals surface area contributed by atoms with E-state index in [4.69, 9.17) is 4.98 Å². The third kappa shape index (κ3) is 1.90. The first-order chi connectivity index (χ1) is 12.8. The number of nitrogens with one attached hydrogen (secondary N) is 1. The van der Waals surface area contributed by atoms with Gasteiger partial charge in [0.05, 0.1) is 11.7 Å². The van der Waals surface area contributed by atoms with E-state index in [1.807, 2.05) is 0 Å². The van der Waals surface area contributed by atoms with Crippen LogP contribution in [0.15, 0.2) is 42.6 Å². The minimum atomic E-state index is 0.280. The van der Waals surface area contributed by atoms with E-state index >= 15 is 0 Å². The molecule has 0 saturated heterocycles. The predicted octanol–water partition coefficient (Wildman–Crippen LogP) is 4.63. The van der Waals surface area contributed by atoms with E-state index in [0.29, 0.717) is 5.54 Å². The predicted molar refractivity (Wildman–Crippen MR) is 104 cm³/mol. The van der Waals surface area contributed by atoms with Crippen molar-refractivity contribution in [1.29, 1.82) is 0 Å². The van der Waals surface area contributed by atoms with Gasteiger partial charge in [0.1, 0.15) is 0 Å². The molecule has 6 rings (SSSR count). The Morgan fingerprint density at radius 2 is 2.15 bits per heavy atom. The van der Waals surface area contributed by atoms with Gasteiger partial charge >= 0.3 is 0 Å². The molecule has 3 heterocycles. The highest BCUT2D eigenvalue weighted by Crippen LogP contribution is 2.66. The van der Waals surface area contributed by atoms with Gasteiger partial charge in [0.2, 0.25) is 0 Å². The van der Waals surface area contributed by atoms with Crippen molar-refractivity contribution < 1.29 is 0 Å². The average molecular weight is 343 g/mol. The number of hydrogen-bond acceptors (Lipinski definition) is 2. The number of nitrogens with zero attached hydrogens (tertiary/aromatic N) is 2. The number of aromatic nitrogens is 2. The lowest BCUT2D eigenvalue weighted by atomic mass is 9.85. The molecule has 3 nitrogen and oxygen atoms in total. The lowest BCUT2D eigenvalue weighted by Crippen LogP contribution is -2.49. The summed E-state index contributed by atoms with van der Waals surface area (Å²) >= 11 is 0. The van der Waals surface area contributed by atoms with Crippen LogP contribution in [0.5, 0.6) is 0 Å². The van der Waals surface area contributed by atoms with Crippen LogP contribution in [0, 0.1) is 5.92 Å². The van der Waals surface area contributed by atoms with Crippen LogP contribution in [0.1, 0.15) is 54.7 Å². The monoisotopic (exact) mass is 343 g/mol. The normalized spacial score (nSPS) is 29.9. The van der Waals surface area contributed by atoms with Crippen LogP contribution < -0.4 is 0 Å². The Morgan fingerprint density at radius 3 is 2.85 bits per heavy atom. The summed E-state index contributed by atoms with van der Waals surface area (Å²) in [5.41, 5.74) is 7.18. The van der Waals surface area contributed by atoms with Crippen LogP contribution in [-0.4, -0.2) is 27.0 Å². The van der Waals surface area contributed by atoms with Gasteiger partial charge in [0, 0.05) is 34.9 Å². The molecule has 3 atom stereocenters. The van der Waals surface area contributed by atoms with Gasteiger partial charge in [-0.2, -0.15) is 0 Å². The molecule has 2 saturated carbocycles. The number of aromatic amines is 1. The molecule has 0 amide bonds. The third-order valence-corrected chi connectivity index (χ3v) is 7.27. The van der Waals surface area contributed by atoms with Gasteiger partial charge < -0.3 is 4.98 Å². The summed E-state index contributed by atoms with van der Waals surface area (Å²) in [6, 6.07) is 13.6. The van der Waals surface area contributed by atoms with Crippen molar-refractivity contribution in [3.05, 3.63) is 65.1 Å². The summed E-state index contributed by atoms with van der Waals surface area (Å²) in [6.07, 6.45) is 8.46. The fraction of sp³-hybridized carbons (Fsp3) is 0.435. The Morgan fingerprint density at radius 1 is 1.23 bits per heavy atom. The van der Waals surface area contributed by atoms with Crippen LogP contribution in [0.2, 0.25) is 0 Å². The lowest BCUT2D eigenvalue weighted by Gasteiger charge is -2.45. The maximum Gasteiger partial charge on any atom is 0.0935 e. The lowest BCUT2D eigenvalue weighted by molar-refractivity contribution is 0.0674. The van der Waals surface area contributed by atoms with Crippen LogP contribution in [0.4, 0.5) is 0 Å². The highest BCUT2D eigenvalue weighted by atomic mass is 15.3. The molecule has 0 spiro atoms. The van der Waals surface area contributed by atoms with Gasteiger partial charge in [-0.3, -0.25) is 9.88 Å². The molecule has 0 bridgehead atoms. The van der Waals surface area contributed by atoms with E-state index in [-0.39, 0.29) is 6.04 Å². The minimum absolute atomic E-state index is 0.280. The SMILES string of the molecule is CCc1ccc(C2c3[nH]c4ccccc4c3CCN2C23CCC2C3)nc1. The maximum absolute atomic E-state index is 4.92. The Balaban J connectivity index is 1.52. The summed E-state index contributed by atoms with van der Waals surface area (Å²) in [5.74, 6) is 0.936. The summed E-state index contributed by atoms with van der Waals surface area (Å²) < 4.78 is 0. The van der Waals surface area contributed by atoms with Gasteiger partial charge in [0.15, 0.2) is 0 Å². The molecule has 2 fully saturated rings. The fourth-order valence-electron chi connectivity index (χ4n) is 5.58. The summed E-state index contributed by atoms with van der Waals surface area (Å²) in [4.78, 5) is 11.5. The van der Waals surface area contributed by atoms with Gasteiger partial charge in [-0.05, 0) is 61.3 Å². The second-order valence-electron chi connectivity index (χ2n) is 8.40. The first-order valence-corrected chi connectivity index (χ1v) is 10.1. The fourth-order valence-corrected chi connectivity index (χ4v) is 5.58. The smallest absolute Gasteiger partial charge is 0.0935 e. The molecule has 1 N–H and O–H groups in total. The highest BCUT2D eigenvalue weighted by molar-refractivity contribution is 5.85. The van der Waals surface area contributed by atoms with E-state index in [0.717, 1.165) is 25.3 Å². The van der Waals surface area contributed by atoms with Crippen molar-refractivity contribution in [3.8, 4) is 0 Å². The number of rotatable bonds is 3. The summed E-state index contributed by atoms with van der Waals surface area (Å²) in [6.45, 7) is 3.36. The second kappa shape index (κ2) is 5.20. The van der Waals surface area contributed by atoms with E-state index in [1.54, 1.807) is 0 Å². The van der Waals surface area contributed by atoms with Crippen molar-refractivity contribution >= 4 is 10.9 Å². The van der Waals surface area contributed by atoms with Gasteiger partial charge in [-0.15, -0.1) is 0 Å². The molecule has 26 heavy (non-hydrogen) atoms. The van der Waals surface area contributed by atoms with Crippen molar-refractivity contribution in [2.75, 3.05) is 6.54 Å². The number of benzene rings is 1. The Bertz CT molecular complexity index is 982. The zero-order valence-electron chi connectivity index (χ0n) is 15.3. The van der Waals surface area contributed by atoms with Crippen molar-refractivity contribution in [2.45, 2.75) is 50.6 Å². The molecule has 3 aromatic rings. The number of pyridine rings is 1. The minimum Gasteiger partial charge on any atom is -0.357 e. The van der Waals surface area contributed by atoms with Crippen molar-refractivity contribution in [1.82, 2.24) is 14.9 Å². The molecular formula is C23H25N3. The van der Waals surface area contributed by atoms with Crippen LogP contribution in [0.3, 0.4) is 0 Å².